The smallest absolute Gasteiger partial charge is 0.238 e. The molecule has 0 heterocycles. The van der Waals surface area contributed by atoms with E-state index >= 15 is 0 Å². The van der Waals surface area contributed by atoms with Crippen molar-refractivity contribution in [3.63, 3.8) is 0 Å². The molecule has 1 rings (SSSR count). The molecule has 1 aromatic carbocycles. The number of aryl methyl sites for hydroxylation is 2. The summed E-state index contributed by atoms with van der Waals surface area (Å²) >= 11 is 0. The molecule has 0 unspecified atom stereocenters. The Labute approximate surface area is 176 Å². The van der Waals surface area contributed by atoms with Crippen LogP contribution in [-0.4, -0.2) is 84.2 Å². The topological polar surface area (TPSA) is 72.1 Å². The van der Waals surface area contributed by atoms with Crippen molar-refractivity contribution in [1.82, 2.24) is 10.2 Å². The van der Waals surface area contributed by atoms with Crippen LogP contribution in [0.25, 0.3) is 0 Å². The van der Waals surface area contributed by atoms with Gasteiger partial charge in [-0.25, -0.2) is 0 Å². The molecule has 29 heavy (non-hydrogen) atoms. The number of nitrogens with zero attached hydrogens (tertiary/aromatic N) is 1. The van der Waals surface area contributed by atoms with Crippen LogP contribution < -0.4 is 10.6 Å². The zero-order chi connectivity index (χ0) is 21.3. The van der Waals surface area contributed by atoms with Gasteiger partial charge in [0.1, 0.15) is 0 Å². The van der Waals surface area contributed by atoms with Crippen molar-refractivity contribution < 1.29 is 19.0 Å². The number of nitrogens with one attached hydrogen (secondary N) is 2. The molecule has 7 heteroatoms. The van der Waals surface area contributed by atoms with E-state index in [9.17, 15) is 4.79 Å². The Morgan fingerprint density at radius 1 is 0.931 bits per heavy atom. The van der Waals surface area contributed by atoms with Crippen LogP contribution in [0.1, 0.15) is 24.0 Å². The summed E-state index contributed by atoms with van der Waals surface area (Å²) in [5.74, 6) is 0.00685. The van der Waals surface area contributed by atoms with Crippen LogP contribution in [0.5, 0.6) is 0 Å². The van der Waals surface area contributed by atoms with Gasteiger partial charge < -0.3 is 24.8 Å². The minimum atomic E-state index is 0.00685. The average molecular weight is 410 g/mol. The molecule has 0 fully saturated rings. The van der Waals surface area contributed by atoms with E-state index in [1.54, 1.807) is 0 Å². The van der Waals surface area contributed by atoms with E-state index < -0.39 is 0 Å². The normalized spacial score (nSPS) is 11.2. The van der Waals surface area contributed by atoms with Crippen LogP contribution in [0, 0.1) is 13.8 Å². The lowest BCUT2D eigenvalue weighted by Gasteiger charge is -2.17. The van der Waals surface area contributed by atoms with Crippen LogP contribution in [0.4, 0.5) is 5.69 Å². The van der Waals surface area contributed by atoms with Crippen molar-refractivity contribution in [2.75, 3.05) is 78.7 Å². The number of hydrogen-bond acceptors (Lipinski definition) is 6. The second kappa shape index (κ2) is 16.3. The molecule has 1 amide bonds. The summed E-state index contributed by atoms with van der Waals surface area (Å²) in [7, 11) is 3.88. The number of likely N-dealkylation sites (N-methyl/N-ethyl adjacent to an activating group) is 1. The predicted octanol–water partition coefficient (Wildman–Crippen LogP) is 2.22. The van der Waals surface area contributed by atoms with Gasteiger partial charge in [-0.15, -0.1) is 0 Å². The first-order valence-corrected chi connectivity index (χ1v) is 10.5. The van der Waals surface area contributed by atoms with Gasteiger partial charge in [-0.2, -0.15) is 0 Å². The Morgan fingerprint density at radius 3 is 2.07 bits per heavy atom. The molecular weight excluding hydrogens is 370 g/mol. The Hall–Kier alpha value is -1.51. The van der Waals surface area contributed by atoms with Crippen molar-refractivity contribution in [2.45, 2.75) is 26.7 Å². The molecule has 0 aromatic heterocycles. The lowest BCUT2D eigenvalue weighted by Crippen LogP contribution is -2.31. The van der Waals surface area contributed by atoms with E-state index in [0.29, 0.717) is 39.6 Å². The quantitative estimate of drug-likeness (QED) is 0.385. The van der Waals surface area contributed by atoms with Gasteiger partial charge in [-0.1, -0.05) is 18.2 Å². The molecule has 1 aromatic rings. The Bertz CT molecular complexity index is 549. The summed E-state index contributed by atoms with van der Waals surface area (Å²) in [6.07, 6.45) is 1.89. The summed E-state index contributed by atoms with van der Waals surface area (Å²) in [4.78, 5) is 14.3. The number of carbonyl (C=O) groups is 1. The van der Waals surface area contributed by atoms with Gasteiger partial charge in [0.2, 0.25) is 5.91 Å². The van der Waals surface area contributed by atoms with E-state index in [0.717, 1.165) is 49.4 Å². The molecule has 0 saturated carbocycles. The first-order valence-electron chi connectivity index (χ1n) is 10.5. The van der Waals surface area contributed by atoms with Crippen LogP contribution in [-0.2, 0) is 19.0 Å². The molecule has 2 N–H and O–H groups in total. The molecule has 0 aliphatic rings. The zero-order valence-corrected chi connectivity index (χ0v) is 18.6. The number of rotatable bonds is 17. The lowest BCUT2D eigenvalue weighted by molar-refractivity contribution is -0.117. The third-order valence-corrected chi connectivity index (χ3v) is 4.45. The molecular formula is C22H39N3O4. The van der Waals surface area contributed by atoms with Gasteiger partial charge in [0.25, 0.3) is 0 Å². The van der Waals surface area contributed by atoms with E-state index in [-0.39, 0.29) is 5.91 Å². The van der Waals surface area contributed by atoms with Gasteiger partial charge >= 0.3 is 0 Å². The maximum Gasteiger partial charge on any atom is 0.238 e. The maximum atomic E-state index is 12.2. The maximum absolute atomic E-state index is 12.2. The minimum absolute atomic E-state index is 0.00685. The third kappa shape index (κ3) is 12.6. The van der Waals surface area contributed by atoms with E-state index in [2.05, 4.69) is 10.6 Å². The SMILES string of the molecule is CNCCCOCCOCCOCCCN(C)CC(=O)Nc1c(C)cccc1C. The van der Waals surface area contributed by atoms with Gasteiger partial charge in [0.15, 0.2) is 0 Å². The van der Waals surface area contributed by atoms with Gasteiger partial charge in [0.05, 0.1) is 33.0 Å². The highest BCUT2D eigenvalue weighted by atomic mass is 16.5. The van der Waals surface area contributed by atoms with Gasteiger partial charge in [-0.05, 0) is 58.5 Å². The summed E-state index contributed by atoms with van der Waals surface area (Å²) in [5.41, 5.74) is 3.08. The molecule has 0 aliphatic heterocycles. The molecule has 0 radical (unpaired) electrons. The number of amides is 1. The monoisotopic (exact) mass is 409 g/mol. The van der Waals surface area contributed by atoms with Crippen molar-refractivity contribution in [3.05, 3.63) is 29.3 Å². The molecule has 0 atom stereocenters. The van der Waals surface area contributed by atoms with Crippen LogP contribution >= 0.6 is 0 Å². The fraction of sp³-hybridized carbons (Fsp3) is 0.682. The average Bonchev–Trinajstić information content (AvgIpc) is 2.68. The Balaban J connectivity index is 1.97. The fourth-order valence-corrected chi connectivity index (χ4v) is 2.84. The molecule has 0 bridgehead atoms. The first-order chi connectivity index (χ1) is 14.0. The number of anilines is 1. The highest BCUT2D eigenvalue weighted by molar-refractivity contribution is 5.93. The van der Waals surface area contributed by atoms with Crippen LogP contribution in [0.2, 0.25) is 0 Å². The highest BCUT2D eigenvalue weighted by Crippen LogP contribution is 2.19. The number of carbonyl (C=O) groups excluding carboxylic acids is 1. The van der Waals surface area contributed by atoms with Gasteiger partial charge in [-0.3, -0.25) is 9.69 Å². The van der Waals surface area contributed by atoms with Crippen molar-refractivity contribution >= 4 is 11.6 Å². The van der Waals surface area contributed by atoms with E-state index in [1.165, 1.54) is 0 Å². The Morgan fingerprint density at radius 2 is 1.48 bits per heavy atom. The zero-order valence-electron chi connectivity index (χ0n) is 18.6. The summed E-state index contributed by atoms with van der Waals surface area (Å²) in [6, 6.07) is 6.01. The lowest BCUT2D eigenvalue weighted by atomic mass is 10.1. The molecule has 0 aliphatic carbocycles. The van der Waals surface area contributed by atoms with Crippen molar-refractivity contribution in [3.8, 4) is 0 Å². The summed E-state index contributed by atoms with van der Waals surface area (Å²) in [5, 5.41) is 6.10. The number of para-hydroxylation sites is 1. The second-order valence-electron chi connectivity index (χ2n) is 7.20. The fourth-order valence-electron chi connectivity index (χ4n) is 2.84. The Kier molecular flexibility index (Phi) is 14.4. The second-order valence-corrected chi connectivity index (χ2v) is 7.20. The number of ether oxygens (including phenoxy) is 3. The predicted molar refractivity (Wildman–Crippen MR) is 118 cm³/mol. The van der Waals surface area contributed by atoms with Crippen molar-refractivity contribution in [1.29, 1.82) is 0 Å². The first kappa shape index (κ1) is 25.5. The molecule has 0 saturated heterocycles. The molecule has 0 spiro atoms. The van der Waals surface area contributed by atoms with Crippen LogP contribution in [0.15, 0.2) is 18.2 Å². The summed E-state index contributed by atoms with van der Waals surface area (Å²) < 4.78 is 16.5. The van der Waals surface area contributed by atoms with E-state index in [1.807, 2.05) is 51.0 Å². The van der Waals surface area contributed by atoms with Crippen LogP contribution in [0.3, 0.4) is 0 Å². The summed E-state index contributed by atoms with van der Waals surface area (Å²) in [6.45, 7) is 9.96. The highest BCUT2D eigenvalue weighted by Gasteiger charge is 2.09. The van der Waals surface area contributed by atoms with Crippen molar-refractivity contribution in [2.24, 2.45) is 0 Å². The van der Waals surface area contributed by atoms with Gasteiger partial charge in [0, 0.05) is 25.4 Å². The largest absolute Gasteiger partial charge is 0.379 e. The van der Waals surface area contributed by atoms with E-state index in [4.69, 9.17) is 14.2 Å². The molecule has 166 valence electrons. The minimum Gasteiger partial charge on any atom is -0.379 e. The molecule has 7 nitrogen and oxygen atoms in total. The number of benzene rings is 1. The number of hydrogen-bond donors (Lipinski definition) is 2. The standard InChI is InChI=1S/C22H39N3O4/c1-19-8-5-9-20(2)22(19)24-21(26)18-25(4)11-7-13-28-15-17-29-16-14-27-12-6-10-23-3/h5,8-9,23H,6-7,10-18H2,1-4H3,(H,24,26). The third-order valence-electron chi connectivity index (χ3n) is 4.45.